The van der Waals surface area contributed by atoms with Gasteiger partial charge in [0.1, 0.15) is 5.69 Å². The molecule has 0 radical (unpaired) electrons. The summed E-state index contributed by atoms with van der Waals surface area (Å²) in [7, 11) is 0. The van der Waals surface area contributed by atoms with Crippen LogP contribution in [0.25, 0.3) is 11.1 Å². The SMILES string of the molecule is O=C(NCc1ccc(-c2ccccc2)cc1)c1cc2n(n1)CCN(Cc1ccccc1)C2=O. The molecule has 0 atom stereocenters. The molecular weight excluding hydrogens is 412 g/mol. The number of aromatic nitrogens is 2. The lowest BCUT2D eigenvalue weighted by molar-refractivity contribution is 0.0683. The van der Waals surface area contributed by atoms with Crippen molar-refractivity contribution in [1.29, 1.82) is 0 Å². The fourth-order valence-electron chi connectivity index (χ4n) is 4.02. The van der Waals surface area contributed by atoms with E-state index in [1.807, 2.05) is 72.8 Å². The van der Waals surface area contributed by atoms with Crippen molar-refractivity contribution < 1.29 is 9.59 Å². The summed E-state index contributed by atoms with van der Waals surface area (Å²) in [4.78, 5) is 27.4. The molecule has 0 bridgehead atoms. The minimum absolute atomic E-state index is 0.104. The van der Waals surface area contributed by atoms with E-state index in [1.165, 1.54) is 0 Å². The van der Waals surface area contributed by atoms with E-state index in [9.17, 15) is 9.59 Å². The van der Waals surface area contributed by atoms with E-state index >= 15 is 0 Å². The Kier molecular flexibility index (Phi) is 5.72. The Morgan fingerprint density at radius 3 is 2.21 bits per heavy atom. The monoisotopic (exact) mass is 436 g/mol. The summed E-state index contributed by atoms with van der Waals surface area (Å²) in [6.45, 7) is 2.08. The number of fused-ring (bicyclic) bond motifs is 1. The van der Waals surface area contributed by atoms with Crippen molar-refractivity contribution >= 4 is 11.8 Å². The number of nitrogens with zero attached hydrogens (tertiary/aromatic N) is 3. The molecule has 3 aromatic carbocycles. The Morgan fingerprint density at radius 1 is 0.818 bits per heavy atom. The lowest BCUT2D eigenvalue weighted by Crippen LogP contribution is -2.39. The van der Waals surface area contributed by atoms with Gasteiger partial charge in [-0.15, -0.1) is 0 Å². The van der Waals surface area contributed by atoms with E-state index in [4.69, 9.17) is 0 Å². The highest BCUT2D eigenvalue weighted by molar-refractivity contribution is 5.98. The normalized spacial score (nSPS) is 13.0. The summed E-state index contributed by atoms with van der Waals surface area (Å²) in [5.74, 6) is -0.389. The van der Waals surface area contributed by atoms with Crippen LogP contribution in [0, 0.1) is 0 Å². The quantitative estimate of drug-likeness (QED) is 0.494. The molecule has 2 heterocycles. The van der Waals surface area contributed by atoms with Gasteiger partial charge in [-0.2, -0.15) is 5.10 Å². The minimum atomic E-state index is -0.286. The molecule has 0 unspecified atom stereocenters. The van der Waals surface area contributed by atoms with Crippen molar-refractivity contribution in [2.45, 2.75) is 19.6 Å². The van der Waals surface area contributed by atoms with Crippen molar-refractivity contribution in [3.63, 3.8) is 0 Å². The zero-order chi connectivity index (χ0) is 22.6. The molecule has 0 fully saturated rings. The van der Waals surface area contributed by atoms with Crippen LogP contribution in [0.15, 0.2) is 91.0 Å². The average molecular weight is 437 g/mol. The Hall–Kier alpha value is -4.19. The highest BCUT2D eigenvalue weighted by Crippen LogP contribution is 2.20. The van der Waals surface area contributed by atoms with Gasteiger partial charge in [0.2, 0.25) is 0 Å². The lowest BCUT2D eigenvalue weighted by atomic mass is 10.0. The summed E-state index contributed by atoms with van der Waals surface area (Å²) in [6, 6.07) is 29.8. The fourth-order valence-corrected chi connectivity index (χ4v) is 4.02. The van der Waals surface area contributed by atoms with Crippen LogP contribution in [0.2, 0.25) is 0 Å². The predicted octanol–water partition coefficient (Wildman–Crippen LogP) is 4.14. The van der Waals surface area contributed by atoms with Gasteiger partial charge in [-0.25, -0.2) is 0 Å². The molecule has 0 saturated heterocycles. The van der Waals surface area contributed by atoms with Gasteiger partial charge in [0.15, 0.2) is 5.69 Å². The molecule has 164 valence electrons. The van der Waals surface area contributed by atoms with E-state index in [2.05, 4.69) is 22.5 Å². The van der Waals surface area contributed by atoms with Crippen LogP contribution in [0.4, 0.5) is 0 Å². The van der Waals surface area contributed by atoms with Crippen LogP contribution in [-0.4, -0.2) is 33.0 Å². The first-order valence-corrected chi connectivity index (χ1v) is 11.0. The Balaban J connectivity index is 1.22. The maximum Gasteiger partial charge on any atom is 0.272 e. The van der Waals surface area contributed by atoms with Crippen molar-refractivity contribution in [3.05, 3.63) is 114 Å². The minimum Gasteiger partial charge on any atom is -0.347 e. The lowest BCUT2D eigenvalue weighted by Gasteiger charge is -2.27. The second-order valence-electron chi connectivity index (χ2n) is 8.10. The largest absolute Gasteiger partial charge is 0.347 e. The van der Waals surface area contributed by atoms with Gasteiger partial charge in [-0.3, -0.25) is 14.3 Å². The number of amides is 2. The third-order valence-corrected chi connectivity index (χ3v) is 5.83. The van der Waals surface area contributed by atoms with Crippen molar-refractivity contribution in [2.24, 2.45) is 0 Å². The van der Waals surface area contributed by atoms with Crippen LogP contribution in [0.5, 0.6) is 0 Å². The second kappa shape index (κ2) is 9.12. The second-order valence-corrected chi connectivity index (χ2v) is 8.10. The topological polar surface area (TPSA) is 67.2 Å². The van der Waals surface area contributed by atoms with Gasteiger partial charge in [0.05, 0.1) is 6.54 Å². The highest BCUT2D eigenvalue weighted by Gasteiger charge is 2.27. The van der Waals surface area contributed by atoms with Crippen LogP contribution in [0.1, 0.15) is 32.1 Å². The first kappa shape index (κ1) is 20.7. The third kappa shape index (κ3) is 4.55. The van der Waals surface area contributed by atoms with Gasteiger partial charge in [-0.1, -0.05) is 84.9 Å². The summed E-state index contributed by atoms with van der Waals surface area (Å²) >= 11 is 0. The molecule has 6 nitrogen and oxygen atoms in total. The summed E-state index contributed by atoms with van der Waals surface area (Å²) < 4.78 is 1.63. The zero-order valence-corrected chi connectivity index (χ0v) is 18.1. The summed E-state index contributed by atoms with van der Waals surface area (Å²) in [5.41, 5.74) is 5.08. The Bertz CT molecular complexity index is 1260. The van der Waals surface area contributed by atoms with Crippen LogP contribution in [-0.2, 0) is 19.6 Å². The molecule has 6 heteroatoms. The number of hydrogen-bond donors (Lipinski definition) is 1. The van der Waals surface area contributed by atoms with E-state index in [1.54, 1.807) is 15.6 Å². The standard InChI is InChI=1S/C27H24N4O2/c32-26(28-18-20-11-13-23(14-12-20)22-9-5-2-6-10-22)24-17-25-27(33)30(15-16-31(25)29-24)19-21-7-3-1-4-8-21/h1-14,17H,15-16,18-19H2,(H,28,32). The number of rotatable bonds is 6. The number of benzene rings is 3. The molecule has 1 aliphatic heterocycles. The van der Waals surface area contributed by atoms with E-state index in [-0.39, 0.29) is 17.5 Å². The number of nitrogens with one attached hydrogen (secondary N) is 1. The molecule has 0 aliphatic carbocycles. The zero-order valence-electron chi connectivity index (χ0n) is 18.1. The van der Waals surface area contributed by atoms with Gasteiger partial charge < -0.3 is 10.2 Å². The van der Waals surface area contributed by atoms with Crippen molar-refractivity contribution in [2.75, 3.05) is 6.54 Å². The molecule has 5 rings (SSSR count). The Morgan fingerprint density at radius 2 is 1.48 bits per heavy atom. The van der Waals surface area contributed by atoms with Gasteiger partial charge in [0.25, 0.3) is 11.8 Å². The molecule has 0 spiro atoms. The van der Waals surface area contributed by atoms with Crippen LogP contribution < -0.4 is 5.32 Å². The van der Waals surface area contributed by atoms with Gasteiger partial charge >= 0.3 is 0 Å². The molecule has 1 aromatic heterocycles. The average Bonchev–Trinajstić information content (AvgIpc) is 3.31. The summed E-state index contributed by atoms with van der Waals surface area (Å²) in [5, 5.41) is 7.28. The third-order valence-electron chi connectivity index (χ3n) is 5.83. The van der Waals surface area contributed by atoms with Crippen molar-refractivity contribution in [3.8, 4) is 11.1 Å². The molecule has 2 amide bonds. The highest BCUT2D eigenvalue weighted by atomic mass is 16.2. The van der Waals surface area contributed by atoms with E-state index < -0.39 is 0 Å². The molecule has 4 aromatic rings. The number of hydrogen-bond acceptors (Lipinski definition) is 3. The first-order valence-electron chi connectivity index (χ1n) is 11.0. The molecule has 0 saturated carbocycles. The molecule has 1 aliphatic rings. The molecule has 33 heavy (non-hydrogen) atoms. The number of carbonyl (C=O) groups is 2. The Labute approximate surface area is 192 Å². The molecular formula is C27H24N4O2. The predicted molar refractivity (Wildman–Crippen MR) is 126 cm³/mol. The molecule has 1 N–H and O–H groups in total. The fraction of sp³-hybridized carbons (Fsp3) is 0.148. The van der Waals surface area contributed by atoms with Gasteiger partial charge in [-0.05, 0) is 22.3 Å². The maximum absolute atomic E-state index is 12.9. The maximum atomic E-state index is 12.9. The van der Waals surface area contributed by atoms with Crippen LogP contribution in [0.3, 0.4) is 0 Å². The smallest absolute Gasteiger partial charge is 0.272 e. The van der Waals surface area contributed by atoms with E-state index in [0.29, 0.717) is 31.9 Å². The van der Waals surface area contributed by atoms with Gasteiger partial charge in [0, 0.05) is 25.7 Å². The summed E-state index contributed by atoms with van der Waals surface area (Å²) in [6.07, 6.45) is 0. The van der Waals surface area contributed by atoms with Crippen molar-refractivity contribution in [1.82, 2.24) is 20.0 Å². The van der Waals surface area contributed by atoms with E-state index in [0.717, 1.165) is 22.3 Å². The number of carbonyl (C=O) groups excluding carboxylic acids is 2. The first-order chi connectivity index (χ1) is 16.2. The van der Waals surface area contributed by atoms with Crippen LogP contribution >= 0.6 is 0 Å².